The van der Waals surface area contributed by atoms with Gasteiger partial charge in [0.05, 0.1) is 11.3 Å². The molecular formula is C15H17N3OS2. The topological polar surface area (TPSA) is 68.0 Å². The van der Waals surface area contributed by atoms with Crippen LogP contribution in [-0.2, 0) is 12.8 Å². The third kappa shape index (κ3) is 3.12. The highest BCUT2D eigenvalue weighted by Crippen LogP contribution is 2.30. The maximum Gasteiger partial charge on any atom is 0.258 e. The Kier molecular flexibility index (Phi) is 4.28. The smallest absolute Gasteiger partial charge is 0.258 e. The Bertz CT molecular complexity index is 669. The van der Waals surface area contributed by atoms with Crippen LogP contribution in [0.15, 0.2) is 29.2 Å². The predicted octanol–water partition coefficient (Wildman–Crippen LogP) is 2.93. The molecule has 1 aromatic heterocycles. The van der Waals surface area contributed by atoms with Crippen molar-refractivity contribution in [2.24, 2.45) is 5.73 Å². The first-order valence-electron chi connectivity index (χ1n) is 6.86. The lowest BCUT2D eigenvalue weighted by Crippen LogP contribution is -2.27. The Morgan fingerprint density at radius 2 is 2.29 bits per heavy atom. The molecule has 1 aromatic carbocycles. The molecule has 0 spiro atoms. The molecule has 1 atom stereocenters. The number of nitrogens with two attached hydrogens (primary N) is 1. The summed E-state index contributed by atoms with van der Waals surface area (Å²) >= 11 is 3.11. The van der Waals surface area contributed by atoms with E-state index in [2.05, 4.69) is 10.3 Å². The summed E-state index contributed by atoms with van der Waals surface area (Å²) in [4.78, 5) is 19.1. The second-order valence-corrected chi connectivity index (χ2v) is 6.98. The molecule has 0 aliphatic heterocycles. The summed E-state index contributed by atoms with van der Waals surface area (Å²) < 4.78 is 0. The lowest BCUT2D eigenvalue weighted by Gasteiger charge is -2.15. The molecule has 1 heterocycles. The standard InChI is InChI=1S/C15H17N3OS2/c1-20-12-5-3-2-4-10(12)14(19)18-15-17-11-7-6-9(16)8-13(11)21-15/h2-5,9H,6-8,16H2,1H3,(H,17,18,19)/t9-/m0/s1. The number of hydrogen-bond donors (Lipinski definition) is 2. The Morgan fingerprint density at radius 3 is 3.10 bits per heavy atom. The molecule has 0 unspecified atom stereocenters. The second kappa shape index (κ2) is 6.17. The number of benzene rings is 1. The van der Waals surface area contributed by atoms with Gasteiger partial charge < -0.3 is 5.73 Å². The van der Waals surface area contributed by atoms with Crippen molar-refractivity contribution in [3.05, 3.63) is 40.4 Å². The van der Waals surface area contributed by atoms with Gasteiger partial charge in [0, 0.05) is 15.8 Å². The van der Waals surface area contributed by atoms with E-state index in [4.69, 9.17) is 5.73 Å². The van der Waals surface area contributed by atoms with Crippen LogP contribution in [0.5, 0.6) is 0 Å². The monoisotopic (exact) mass is 319 g/mol. The van der Waals surface area contributed by atoms with Crippen molar-refractivity contribution in [3.63, 3.8) is 0 Å². The van der Waals surface area contributed by atoms with Crippen molar-refractivity contribution in [2.45, 2.75) is 30.2 Å². The van der Waals surface area contributed by atoms with Gasteiger partial charge in [0.25, 0.3) is 5.91 Å². The molecule has 0 saturated heterocycles. The summed E-state index contributed by atoms with van der Waals surface area (Å²) in [7, 11) is 0. The van der Waals surface area contributed by atoms with Gasteiger partial charge in [-0.3, -0.25) is 10.1 Å². The number of aryl methyl sites for hydroxylation is 1. The van der Waals surface area contributed by atoms with E-state index in [0.29, 0.717) is 10.7 Å². The average molecular weight is 319 g/mol. The Hall–Kier alpha value is -1.37. The number of amides is 1. The average Bonchev–Trinajstić information content (AvgIpc) is 2.88. The van der Waals surface area contributed by atoms with Crippen molar-refractivity contribution in [2.75, 3.05) is 11.6 Å². The summed E-state index contributed by atoms with van der Waals surface area (Å²) in [6.45, 7) is 0. The molecule has 0 radical (unpaired) electrons. The lowest BCUT2D eigenvalue weighted by molar-refractivity contribution is 0.102. The van der Waals surface area contributed by atoms with Gasteiger partial charge in [-0.1, -0.05) is 12.1 Å². The molecule has 110 valence electrons. The molecule has 1 aliphatic rings. The number of anilines is 1. The fourth-order valence-electron chi connectivity index (χ4n) is 2.45. The van der Waals surface area contributed by atoms with Crippen molar-refractivity contribution in [3.8, 4) is 0 Å². The molecular weight excluding hydrogens is 302 g/mol. The number of nitrogens with zero attached hydrogens (tertiary/aromatic N) is 1. The van der Waals surface area contributed by atoms with Crippen LogP contribution in [0.2, 0.25) is 0 Å². The lowest BCUT2D eigenvalue weighted by atomic mass is 9.99. The van der Waals surface area contributed by atoms with Gasteiger partial charge in [0.2, 0.25) is 0 Å². The van der Waals surface area contributed by atoms with Gasteiger partial charge >= 0.3 is 0 Å². The summed E-state index contributed by atoms with van der Waals surface area (Å²) in [6, 6.07) is 7.82. The Balaban J connectivity index is 1.79. The highest BCUT2D eigenvalue weighted by Gasteiger charge is 2.21. The Morgan fingerprint density at radius 1 is 1.48 bits per heavy atom. The third-order valence-corrected chi connectivity index (χ3v) is 5.38. The minimum Gasteiger partial charge on any atom is -0.327 e. The van der Waals surface area contributed by atoms with Crippen LogP contribution in [0, 0.1) is 0 Å². The fourth-order valence-corrected chi connectivity index (χ4v) is 4.14. The van der Waals surface area contributed by atoms with Gasteiger partial charge in [-0.25, -0.2) is 4.98 Å². The van der Waals surface area contributed by atoms with Gasteiger partial charge in [-0.05, 0) is 37.7 Å². The van der Waals surface area contributed by atoms with E-state index >= 15 is 0 Å². The minimum absolute atomic E-state index is 0.102. The van der Waals surface area contributed by atoms with E-state index in [1.54, 1.807) is 23.1 Å². The first kappa shape index (κ1) is 14.6. The van der Waals surface area contributed by atoms with E-state index in [-0.39, 0.29) is 11.9 Å². The number of thioether (sulfide) groups is 1. The zero-order valence-electron chi connectivity index (χ0n) is 11.8. The van der Waals surface area contributed by atoms with Gasteiger partial charge in [0.1, 0.15) is 0 Å². The molecule has 2 aromatic rings. The number of carbonyl (C=O) groups is 1. The van der Waals surface area contributed by atoms with Crippen LogP contribution in [0.1, 0.15) is 27.3 Å². The number of aromatic nitrogens is 1. The number of hydrogen-bond acceptors (Lipinski definition) is 5. The molecule has 6 heteroatoms. The number of rotatable bonds is 3. The van der Waals surface area contributed by atoms with Gasteiger partial charge in [-0.15, -0.1) is 23.1 Å². The van der Waals surface area contributed by atoms with Crippen molar-refractivity contribution >= 4 is 34.1 Å². The molecule has 1 aliphatic carbocycles. The second-order valence-electron chi connectivity index (χ2n) is 5.05. The normalized spacial score (nSPS) is 17.3. The van der Waals surface area contributed by atoms with E-state index in [1.807, 2.05) is 30.5 Å². The molecule has 3 N–H and O–H groups in total. The molecule has 0 bridgehead atoms. The van der Waals surface area contributed by atoms with Crippen molar-refractivity contribution in [1.82, 2.24) is 4.98 Å². The molecule has 1 amide bonds. The Labute approximate surface area is 132 Å². The van der Waals surface area contributed by atoms with Gasteiger partial charge in [0.15, 0.2) is 5.13 Å². The van der Waals surface area contributed by atoms with E-state index in [9.17, 15) is 4.79 Å². The van der Waals surface area contributed by atoms with Crippen LogP contribution >= 0.6 is 23.1 Å². The summed E-state index contributed by atoms with van der Waals surface area (Å²) in [5, 5.41) is 3.60. The minimum atomic E-state index is -0.102. The quantitative estimate of drug-likeness (QED) is 0.854. The molecule has 0 saturated carbocycles. The number of fused-ring (bicyclic) bond motifs is 1. The third-order valence-electron chi connectivity index (χ3n) is 3.55. The van der Waals surface area contributed by atoms with Crippen LogP contribution in [0.3, 0.4) is 0 Å². The number of carbonyl (C=O) groups excluding carboxylic acids is 1. The van der Waals surface area contributed by atoms with E-state index in [0.717, 1.165) is 29.9 Å². The maximum absolute atomic E-state index is 12.4. The van der Waals surface area contributed by atoms with Crippen LogP contribution in [0.4, 0.5) is 5.13 Å². The van der Waals surface area contributed by atoms with Crippen molar-refractivity contribution in [1.29, 1.82) is 0 Å². The maximum atomic E-state index is 12.4. The number of thiazole rings is 1. The summed E-state index contributed by atoms with van der Waals surface area (Å²) in [5.41, 5.74) is 7.76. The first-order valence-corrected chi connectivity index (χ1v) is 8.90. The molecule has 3 rings (SSSR count). The largest absolute Gasteiger partial charge is 0.327 e. The van der Waals surface area contributed by atoms with E-state index < -0.39 is 0 Å². The molecule has 21 heavy (non-hydrogen) atoms. The fraction of sp³-hybridized carbons (Fsp3) is 0.333. The van der Waals surface area contributed by atoms with Crippen LogP contribution in [-0.4, -0.2) is 23.2 Å². The zero-order valence-corrected chi connectivity index (χ0v) is 13.4. The highest BCUT2D eigenvalue weighted by atomic mass is 32.2. The predicted molar refractivity (Wildman–Crippen MR) is 88.3 cm³/mol. The first-order chi connectivity index (χ1) is 10.2. The molecule has 0 fully saturated rings. The summed E-state index contributed by atoms with van der Waals surface area (Å²) in [6.07, 6.45) is 4.71. The zero-order chi connectivity index (χ0) is 14.8. The number of nitrogens with one attached hydrogen (secondary N) is 1. The van der Waals surface area contributed by atoms with Gasteiger partial charge in [-0.2, -0.15) is 0 Å². The summed E-state index contributed by atoms with van der Waals surface area (Å²) in [5.74, 6) is -0.102. The van der Waals surface area contributed by atoms with Crippen LogP contribution < -0.4 is 11.1 Å². The molecule has 4 nitrogen and oxygen atoms in total. The van der Waals surface area contributed by atoms with Crippen molar-refractivity contribution < 1.29 is 4.79 Å². The highest BCUT2D eigenvalue weighted by molar-refractivity contribution is 7.98. The SMILES string of the molecule is CSc1ccccc1C(=O)Nc1nc2c(s1)C[C@@H](N)CC2. The van der Waals surface area contributed by atoms with E-state index in [1.165, 1.54) is 4.88 Å². The van der Waals surface area contributed by atoms with Crippen LogP contribution in [0.25, 0.3) is 0 Å².